The van der Waals surface area contributed by atoms with Crippen molar-refractivity contribution in [1.82, 2.24) is 24.8 Å². The zero-order valence-corrected chi connectivity index (χ0v) is 14.2. The first-order valence-corrected chi connectivity index (χ1v) is 8.58. The lowest BCUT2D eigenvalue weighted by atomic mass is 10.2. The number of aromatic nitrogens is 3. The Bertz CT molecular complexity index is 865. The minimum Gasteiger partial charge on any atom is -0.468 e. The fraction of sp³-hybridized carbons (Fsp3) is 0.389. The van der Waals surface area contributed by atoms with Gasteiger partial charge >= 0.3 is 0 Å². The number of aryl methyl sites for hydroxylation is 1. The van der Waals surface area contributed by atoms with Crippen molar-refractivity contribution in [2.24, 2.45) is 0 Å². The summed E-state index contributed by atoms with van der Waals surface area (Å²) in [5.74, 6) is 0.720. The number of carbonyl (C=O) groups is 1. The second-order valence-corrected chi connectivity index (χ2v) is 6.44. The Balaban J connectivity index is 1.51. The van der Waals surface area contributed by atoms with E-state index in [0.29, 0.717) is 17.8 Å². The molecule has 0 aromatic carbocycles. The number of rotatable bonds is 5. The van der Waals surface area contributed by atoms with E-state index in [2.05, 4.69) is 20.3 Å². The maximum absolute atomic E-state index is 12.6. The predicted molar refractivity (Wildman–Crippen MR) is 92.3 cm³/mol. The van der Waals surface area contributed by atoms with Gasteiger partial charge in [-0.05, 0) is 50.6 Å². The highest BCUT2D eigenvalue weighted by Crippen LogP contribution is 2.25. The van der Waals surface area contributed by atoms with E-state index in [1.165, 1.54) is 12.8 Å². The fourth-order valence-electron chi connectivity index (χ4n) is 3.36. The second kappa shape index (κ2) is 6.68. The maximum Gasteiger partial charge on any atom is 0.256 e. The van der Waals surface area contributed by atoms with Crippen molar-refractivity contribution in [3.8, 4) is 0 Å². The summed E-state index contributed by atoms with van der Waals surface area (Å²) in [5.41, 5.74) is 2.05. The molecule has 3 aromatic rings. The normalized spacial score (nSPS) is 16.4. The summed E-state index contributed by atoms with van der Waals surface area (Å²) in [5, 5.41) is 7.24. The lowest BCUT2D eigenvalue weighted by molar-refractivity contribution is 0.0935. The van der Waals surface area contributed by atoms with Crippen molar-refractivity contribution in [1.29, 1.82) is 0 Å². The average molecular weight is 339 g/mol. The summed E-state index contributed by atoms with van der Waals surface area (Å²) < 4.78 is 7.23. The molecular weight excluding hydrogens is 318 g/mol. The summed E-state index contributed by atoms with van der Waals surface area (Å²) in [7, 11) is 0. The molecule has 1 atom stereocenters. The molecule has 7 heteroatoms. The highest BCUT2D eigenvalue weighted by Gasteiger charge is 2.26. The molecule has 1 saturated heterocycles. The van der Waals surface area contributed by atoms with Gasteiger partial charge in [0.2, 0.25) is 0 Å². The van der Waals surface area contributed by atoms with Gasteiger partial charge in [0.25, 0.3) is 5.91 Å². The molecule has 3 aromatic heterocycles. The smallest absolute Gasteiger partial charge is 0.256 e. The van der Waals surface area contributed by atoms with E-state index in [-0.39, 0.29) is 11.9 Å². The molecule has 0 aliphatic carbocycles. The Hall–Kier alpha value is -2.67. The summed E-state index contributed by atoms with van der Waals surface area (Å²) in [6.45, 7) is 4.49. The van der Waals surface area contributed by atoms with Gasteiger partial charge in [0.15, 0.2) is 5.65 Å². The van der Waals surface area contributed by atoms with Crippen LogP contribution in [0.5, 0.6) is 0 Å². The van der Waals surface area contributed by atoms with E-state index < -0.39 is 0 Å². The molecular formula is C18H21N5O2. The van der Waals surface area contributed by atoms with Gasteiger partial charge in [0, 0.05) is 18.9 Å². The van der Waals surface area contributed by atoms with Crippen LogP contribution in [0.1, 0.15) is 40.6 Å². The molecule has 0 spiro atoms. The first kappa shape index (κ1) is 15.8. The van der Waals surface area contributed by atoms with Crippen LogP contribution in [0, 0.1) is 6.92 Å². The van der Waals surface area contributed by atoms with Crippen LogP contribution < -0.4 is 5.32 Å². The number of carbonyl (C=O) groups excluding carboxylic acids is 1. The third-order valence-corrected chi connectivity index (χ3v) is 4.64. The van der Waals surface area contributed by atoms with Crippen LogP contribution >= 0.6 is 0 Å². The Labute approximate surface area is 145 Å². The van der Waals surface area contributed by atoms with Gasteiger partial charge in [-0.2, -0.15) is 5.10 Å². The van der Waals surface area contributed by atoms with Crippen molar-refractivity contribution in [2.75, 3.05) is 19.6 Å². The van der Waals surface area contributed by atoms with E-state index >= 15 is 0 Å². The van der Waals surface area contributed by atoms with Crippen molar-refractivity contribution >= 4 is 11.6 Å². The lowest BCUT2D eigenvalue weighted by Crippen LogP contribution is -2.36. The Morgan fingerprint density at radius 2 is 2.20 bits per heavy atom. The standard InChI is InChI=1S/C18H21N5O2/c1-13-9-19-17-14(10-21-23(17)12-13)18(24)20-11-15(16-5-4-8-25-16)22-6-2-3-7-22/h4-5,8-10,12,15H,2-3,6-7,11H2,1H3,(H,20,24). The van der Waals surface area contributed by atoms with Gasteiger partial charge in [-0.3, -0.25) is 9.69 Å². The quantitative estimate of drug-likeness (QED) is 0.771. The molecule has 1 N–H and O–H groups in total. The number of amides is 1. The van der Waals surface area contributed by atoms with Gasteiger partial charge in [0.1, 0.15) is 11.3 Å². The molecule has 1 unspecified atom stereocenters. The monoisotopic (exact) mass is 339 g/mol. The van der Waals surface area contributed by atoms with Crippen LogP contribution in [0.25, 0.3) is 5.65 Å². The third kappa shape index (κ3) is 3.15. The summed E-state index contributed by atoms with van der Waals surface area (Å²) in [6.07, 6.45) is 9.20. The van der Waals surface area contributed by atoms with Crippen LogP contribution in [0.2, 0.25) is 0 Å². The highest BCUT2D eigenvalue weighted by atomic mass is 16.3. The van der Waals surface area contributed by atoms with Gasteiger partial charge in [-0.25, -0.2) is 9.50 Å². The Morgan fingerprint density at radius 1 is 1.36 bits per heavy atom. The molecule has 4 heterocycles. The number of nitrogens with zero attached hydrogens (tertiary/aromatic N) is 4. The zero-order chi connectivity index (χ0) is 17.2. The Kier molecular flexibility index (Phi) is 4.23. The van der Waals surface area contributed by atoms with Crippen LogP contribution in [-0.2, 0) is 0 Å². The molecule has 1 aliphatic heterocycles. The third-order valence-electron chi connectivity index (χ3n) is 4.64. The van der Waals surface area contributed by atoms with Crippen molar-refractivity contribution in [3.05, 3.63) is 53.9 Å². The molecule has 7 nitrogen and oxygen atoms in total. The van der Waals surface area contributed by atoms with Gasteiger partial charge < -0.3 is 9.73 Å². The second-order valence-electron chi connectivity index (χ2n) is 6.44. The van der Waals surface area contributed by atoms with Crippen LogP contribution in [0.3, 0.4) is 0 Å². The van der Waals surface area contributed by atoms with Crippen molar-refractivity contribution < 1.29 is 9.21 Å². The number of hydrogen-bond acceptors (Lipinski definition) is 5. The molecule has 0 radical (unpaired) electrons. The molecule has 4 rings (SSSR count). The van der Waals surface area contributed by atoms with E-state index in [4.69, 9.17) is 4.42 Å². The molecule has 0 saturated carbocycles. The summed E-state index contributed by atoms with van der Waals surface area (Å²) in [6, 6.07) is 3.91. The topological polar surface area (TPSA) is 75.7 Å². The van der Waals surface area contributed by atoms with E-state index in [1.807, 2.05) is 25.3 Å². The van der Waals surface area contributed by atoms with E-state index in [0.717, 1.165) is 24.4 Å². The van der Waals surface area contributed by atoms with Crippen LogP contribution in [0.15, 0.2) is 41.4 Å². The molecule has 1 amide bonds. The first-order chi connectivity index (χ1) is 12.2. The number of likely N-dealkylation sites (tertiary alicyclic amines) is 1. The minimum atomic E-state index is -0.165. The van der Waals surface area contributed by atoms with Gasteiger partial charge in [-0.15, -0.1) is 0 Å². The number of hydrogen-bond donors (Lipinski definition) is 1. The van der Waals surface area contributed by atoms with Crippen molar-refractivity contribution in [2.45, 2.75) is 25.8 Å². The summed E-state index contributed by atoms with van der Waals surface area (Å²) in [4.78, 5) is 19.3. The van der Waals surface area contributed by atoms with Crippen LogP contribution in [-0.4, -0.2) is 45.0 Å². The number of nitrogens with one attached hydrogen (secondary N) is 1. The SMILES string of the molecule is Cc1cnc2c(C(=O)NCC(c3ccco3)N3CCCC3)cnn2c1. The predicted octanol–water partition coefficient (Wildman–Crippen LogP) is 2.20. The Morgan fingerprint density at radius 3 is 2.96 bits per heavy atom. The van der Waals surface area contributed by atoms with Gasteiger partial charge in [-0.1, -0.05) is 0 Å². The summed E-state index contributed by atoms with van der Waals surface area (Å²) >= 11 is 0. The largest absolute Gasteiger partial charge is 0.468 e. The van der Waals surface area contributed by atoms with Gasteiger partial charge in [0.05, 0.1) is 18.5 Å². The molecule has 1 aliphatic rings. The number of furan rings is 1. The first-order valence-electron chi connectivity index (χ1n) is 8.58. The highest BCUT2D eigenvalue weighted by molar-refractivity contribution is 5.99. The lowest BCUT2D eigenvalue weighted by Gasteiger charge is -2.25. The van der Waals surface area contributed by atoms with E-state index in [1.54, 1.807) is 23.2 Å². The number of fused-ring (bicyclic) bond motifs is 1. The molecule has 25 heavy (non-hydrogen) atoms. The molecule has 130 valence electrons. The van der Waals surface area contributed by atoms with E-state index in [9.17, 15) is 4.79 Å². The minimum absolute atomic E-state index is 0.0542. The van der Waals surface area contributed by atoms with Crippen molar-refractivity contribution in [3.63, 3.8) is 0 Å². The maximum atomic E-state index is 12.6. The fourth-order valence-corrected chi connectivity index (χ4v) is 3.36. The zero-order valence-electron chi connectivity index (χ0n) is 14.2. The molecule has 0 bridgehead atoms. The average Bonchev–Trinajstić information content (AvgIpc) is 3.36. The van der Waals surface area contributed by atoms with Crippen LogP contribution in [0.4, 0.5) is 0 Å². The molecule has 1 fully saturated rings.